The van der Waals surface area contributed by atoms with Crippen molar-refractivity contribution in [2.24, 2.45) is 5.73 Å². The molecule has 21 heavy (non-hydrogen) atoms. The molecule has 0 saturated heterocycles. The zero-order valence-electron chi connectivity index (χ0n) is 12.7. The van der Waals surface area contributed by atoms with E-state index in [1.807, 2.05) is 18.5 Å². The van der Waals surface area contributed by atoms with Gasteiger partial charge in [-0.25, -0.2) is 4.39 Å². The van der Waals surface area contributed by atoms with Gasteiger partial charge in [-0.1, -0.05) is 22.9 Å². The van der Waals surface area contributed by atoms with Crippen LogP contribution >= 0.6 is 15.9 Å². The molecule has 0 saturated carbocycles. The molecule has 0 fully saturated rings. The number of hydrogen-bond donors (Lipinski definition) is 1. The summed E-state index contributed by atoms with van der Waals surface area (Å²) in [7, 11) is 0. The maximum atomic E-state index is 13.4. The van der Waals surface area contributed by atoms with Gasteiger partial charge in [0.1, 0.15) is 5.82 Å². The van der Waals surface area contributed by atoms with Gasteiger partial charge in [0.2, 0.25) is 0 Å². The highest BCUT2D eigenvalue weighted by Gasteiger charge is 2.15. The minimum atomic E-state index is -0.233. The maximum absolute atomic E-state index is 13.4. The van der Waals surface area contributed by atoms with Gasteiger partial charge in [0.15, 0.2) is 0 Å². The molecule has 1 aromatic carbocycles. The summed E-state index contributed by atoms with van der Waals surface area (Å²) in [5.74, 6) is -0.233. The number of nitrogens with two attached hydrogens (primary N) is 1. The molecule has 1 heterocycles. The maximum Gasteiger partial charge on any atom is 0.123 e. The zero-order chi connectivity index (χ0) is 15.6. The van der Waals surface area contributed by atoms with E-state index in [1.54, 1.807) is 6.07 Å². The Labute approximate surface area is 133 Å². The third-order valence-corrected chi connectivity index (χ3v) is 4.62. The highest BCUT2D eigenvalue weighted by molar-refractivity contribution is 9.10. The van der Waals surface area contributed by atoms with Crippen LogP contribution in [-0.2, 0) is 13.0 Å². The fourth-order valence-electron chi connectivity index (χ4n) is 2.42. The Hall–Kier alpha value is -1.20. The first kappa shape index (κ1) is 16.2. The van der Waals surface area contributed by atoms with Crippen LogP contribution in [0.4, 0.5) is 4.39 Å². The third kappa shape index (κ3) is 3.71. The van der Waals surface area contributed by atoms with Crippen LogP contribution in [0.1, 0.15) is 35.9 Å². The zero-order valence-corrected chi connectivity index (χ0v) is 14.2. The monoisotopic (exact) mass is 353 g/mol. The number of benzene rings is 1. The number of hydrogen-bond acceptors (Lipinski definition) is 2. The number of aromatic nitrogens is 2. The Morgan fingerprint density at radius 1 is 1.38 bits per heavy atom. The second-order valence-corrected chi connectivity index (χ2v) is 6.27. The summed E-state index contributed by atoms with van der Waals surface area (Å²) in [6, 6.07) is 4.86. The molecular formula is C16H21BrFN3. The molecule has 1 atom stereocenters. The lowest BCUT2D eigenvalue weighted by atomic mass is 10.0. The van der Waals surface area contributed by atoms with Crippen LogP contribution in [0.3, 0.4) is 0 Å². The molecule has 0 radical (unpaired) electrons. The summed E-state index contributed by atoms with van der Waals surface area (Å²) in [6.45, 7) is 6.68. The van der Waals surface area contributed by atoms with Crippen LogP contribution in [0, 0.1) is 19.7 Å². The Bertz CT molecular complexity index is 637. The van der Waals surface area contributed by atoms with Gasteiger partial charge in [-0.3, -0.25) is 4.68 Å². The van der Waals surface area contributed by atoms with E-state index >= 15 is 0 Å². The van der Waals surface area contributed by atoms with Crippen molar-refractivity contribution in [2.45, 2.75) is 46.2 Å². The normalized spacial score (nSPS) is 12.7. The highest BCUT2D eigenvalue weighted by Crippen LogP contribution is 2.22. The van der Waals surface area contributed by atoms with Gasteiger partial charge in [0.05, 0.1) is 12.2 Å². The topological polar surface area (TPSA) is 43.8 Å². The molecule has 2 rings (SSSR count). The molecule has 0 aliphatic rings. The van der Waals surface area contributed by atoms with Crippen LogP contribution in [0.15, 0.2) is 22.7 Å². The van der Waals surface area contributed by atoms with E-state index in [0.29, 0.717) is 6.54 Å². The Morgan fingerprint density at radius 2 is 2.10 bits per heavy atom. The lowest BCUT2D eigenvalue weighted by Crippen LogP contribution is -2.22. The summed E-state index contributed by atoms with van der Waals surface area (Å²) in [5.41, 5.74) is 10.2. The molecule has 1 aromatic heterocycles. The van der Waals surface area contributed by atoms with E-state index in [9.17, 15) is 4.39 Å². The summed E-state index contributed by atoms with van der Waals surface area (Å²) >= 11 is 3.46. The van der Waals surface area contributed by atoms with Gasteiger partial charge in [0.25, 0.3) is 0 Å². The Balaban J connectivity index is 2.29. The Kier molecular flexibility index (Phi) is 5.17. The van der Waals surface area contributed by atoms with Gasteiger partial charge in [-0.2, -0.15) is 5.10 Å². The first-order valence-electron chi connectivity index (χ1n) is 7.14. The molecule has 0 aliphatic heterocycles. The van der Waals surface area contributed by atoms with Gasteiger partial charge in [-0.05, 0) is 56.0 Å². The number of nitrogens with zero attached hydrogens (tertiary/aromatic N) is 2. The molecule has 1 unspecified atom stereocenters. The van der Waals surface area contributed by atoms with E-state index in [2.05, 4.69) is 28.0 Å². The largest absolute Gasteiger partial charge is 0.327 e. The van der Waals surface area contributed by atoms with Crippen LogP contribution in [0.2, 0.25) is 0 Å². The quantitative estimate of drug-likeness (QED) is 0.889. The molecule has 2 aromatic rings. The third-order valence-electron chi connectivity index (χ3n) is 3.85. The summed E-state index contributed by atoms with van der Waals surface area (Å²) in [5, 5.41) is 4.58. The van der Waals surface area contributed by atoms with Crippen molar-refractivity contribution >= 4 is 15.9 Å². The number of rotatable bonds is 5. The van der Waals surface area contributed by atoms with Crippen LogP contribution in [-0.4, -0.2) is 15.8 Å². The fraction of sp³-hybridized carbons (Fsp3) is 0.438. The van der Waals surface area contributed by atoms with Crippen molar-refractivity contribution in [2.75, 3.05) is 0 Å². The van der Waals surface area contributed by atoms with E-state index < -0.39 is 0 Å². The molecule has 0 spiro atoms. The van der Waals surface area contributed by atoms with E-state index in [-0.39, 0.29) is 11.9 Å². The summed E-state index contributed by atoms with van der Waals surface area (Å²) in [4.78, 5) is 0. The molecule has 114 valence electrons. The van der Waals surface area contributed by atoms with Gasteiger partial charge in [-0.15, -0.1) is 0 Å². The molecular weight excluding hydrogens is 333 g/mol. The van der Waals surface area contributed by atoms with Gasteiger partial charge < -0.3 is 5.73 Å². The predicted molar refractivity (Wildman–Crippen MR) is 86.9 cm³/mol. The van der Waals surface area contributed by atoms with Crippen LogP contribution < -0.4 is 5.73 Å². The van der Waals surface area contributed by atoms with E-state index in [4.69, 9.17) is 5.73 Å². The summed E-state index contributed by atoms with van der Waals surface area (Å²) < 4.78 is 16.2. The standard InChI is InChI=1S/C16H21BrFN3/c1-4-14(19)8-15-10(2)20-21(11(15)3)9-12-7-13(18)5-6-16(12)17/h5-7,14H,4,8-9,19H2,1-3H3. The average molecular weight is 354 g/mol. The predicted octanol–water partition coefficient (Wildman–Crippen LogP) is 3.73. The molecule has 3 nitrogen and oxygen atoms in total. The van der Waals surface area contributed by atoms with Crippen molar-refractivity contribution in [1.29, 1.82) is 0 Å². The van der Waals surface area contributed by atoms with Crippen molar-refractivity contribution in [3.8, 4) is 0 Å². The van der Waals surface area contributed by atoms with Crippen LogP contribution in [0.5, 0.6) is 0 Å². The number of aryl methyl sites for hydroxylation is 1. The van der Waals surface area contributed by atoms with Gasteiger partial charge >= 0.3 is 0 Å². The van der Waals surface area contributed by atoms with Crippen molar-refractivity contribution in [3.05, 3.63) is 51.0 Å². The molecule has 0 aliphatic carbocycles. The molecule has 0 bridgehead atoms. The summed E-state index contributed by atoms with van der Waals surface area (Å²) in [6.07, 6.45) is 1.78. The SMILES string of the molecule is CCC(N)Cc1c(C)nn(Cc2cc(F)ccc2Br)c1C. The molecule has 2 N–H and O–H groups in total. The minimum absolute atomic E-state index is 0.154. The highest BCUT2D eigenvalue weighted by atomic mass is 79.9. The van der Waals surface area contributed by atoms with E-state index in [0.717, 1.165) is 34.3 Å². The Morgan fingerprint density at radius 3 is 2.76 bits per heavy atom. The van der Waals surface area contributed by atoms with Crippen molar-refractivity contribution in [3.63, 3.8) is 0 Å². The first-order chi connectivity index (χ1) is 9.92. The fourth-order valence-corrected chi connectivity index (χ4v) is 2.79. The lowest BCUT2D eigenvalue weighted by Gasteiger charge is -2.10. The smallest absolute Gasteiger partial charge is 0.123 e. The second kappa shape index (κ2) is 6.71. The van der Waals surface area contributed by atoms with Crippen LogP contribution in [0.25, 0.3) is 0 Å². The number of halogens is 2. The van der Waals surface area contributed by atoms with Crippen molar-refractivity contribution < 1.29 is 4.39 Å². The van der Waals surface area contributed by atoms with Crippen molar-refractivity contribution in [1.82, 2.24) is 9.78 Å². The lowest BCUT2D eigenvalue weighted by molar-refractivity contribution is 0.613. The average Bonchev–Trinajstić information content (AvgIpc) is 2.70. The van der Waals surface area contributed by atoms with Gasteiger partial charge in [0, 0.05) is 16.2 Å². The van der Waals surface area contributed by atoms with E-state index in [1.165, 1.54) is 17.7 Å². The first-order valence-corrected chi connectivity index (χ1v) is 7.94. The molecule has 5 heteroatoms. The minimum Gasteiger partial charge on any atom is -0.327 e. The second-order valence-electron chi connectivity index (χ2n) is 5.42. The molecule has 0 amide bonds.